The zero-order valence-corrected chi connectivity index (χ0v) is 20.6. The number of aromatic nitrogens is 2. The molecule has 1 aliphatic heterocycles. The minimum atomic E-state index is -0.104. The van der Waals surface area contributed by atoms with Crippen LogP contribution < -0.4 is 10.3 Å². The highest BCUT2D eigenvalue weighted by atomic mass is 35.5. The molecule has 1 fully saturated rings. The van der Waals surface area contributed by atoms with Gasteiger partial charge < -0.3 is 9.64 Å². The molecule has 4 aromatic rings. The molecule has 0 bridgehead atoms. The molecular weight excluding hydrogens is 458 g/mol. The number of benzene rings is 3. The number of halogens is 1. The van der Waals surface area contributed by atoms with Gasteiger partial charge in [0.1, 0.15) is 5.75 Å². The van der Waals surface area contributed by atoms with Crippen LogP contribution in [0.4, 0.5) is 0 Å². The molecule has 1 aliphatic rings. The quantitative estimate of drug-likeness (QED) is 0.285. The van der Waals surface area contributed by atoms with Crippen LogP contribution >= 0.6 is 11.6 Å². The van der Waals surface area contributed by atoms with Gasteiger partial charge >= 0.3 is 0 Å². The summed E-state index contributed by atoms with van der Waals surface area (Å²) >= 11 is 6.02. The molecule has 1 aromatic heterocycles. The molecule has 6 heteroatoms. The van der Waals surface area contributed by atoms with Crippen molar-refractivity contribution in [3.8, 4) is 17.0 Å². The lowest BCUT2D eigenvalue weighted by molar-refractivity contribution is 0.205. The van der Waals surface area contributed by atoms with Gasteiger partial charge in [0.15, 0.2) is 0 Å². The van der Waals surface area contributed by atoms with Gasteiger partial charge in [-0.25, -0.2) is 4.68 Å². The van der Waals surface area contributed by atoms with E-state index in [-0.39, 0.29) is 5.56 Å². The fourth-order valence-electron chi connectivity index (χ4n) is 4.69. The average molecular weight is 488 g/mol. The number of rotatable bonds is 8. The zero-order chi connectivity index (χ0) is 24.0. The van der Waals surface area contributed by atoms with Crippen LogP contribution in [0.5, 0.6) is 5.75 Å². The number of ether oxygens (including phenoxy) is 1. The summed E-state index contributed by atoms with van der Waals surface area (Å²) in [4.78, 5) is 15.7. The second-order valence-corrected chi connectivity index (χ2v) is 9.55. The molecule has 0 spiro atoms. The predicted molar refractivity (Wildman–Crippen MR) is 142 cm³/mol. The number of piperidine rings is 1. The standard InChI is InChI=1S/C29H30ClN3O2/c30-24-13-9-22(10-14-24)21-33-29(34)27-8-3-2-7-26(27)28(31-33)23-11-15-25(16-12-23)35-20-6-19-32-17-4-1-5-18-32/h2-3,7-16H,1,4-6,17-21H2. The van der Waals surface area contributed by atoms with E-state index in [1.165, 1.54) is 37.0 Å². The van der Waals surface area contributed by atoms with Crippen LogP contribution in [-0.4, -0.2) is 40.9 Å². The van der Waals surface area contributed by atoms with Gasteiger partial charge in [-0.2, -0.15) is 5.10 Å². The Bertz CT molecular complexity index is 1330. The van der Waals surface area contributed by atoms with E-state index in [0.29, 0.717) is 23.6 Å². The second kappa shape index (κ2) is 11.1. The van der Waals surface area contributed by atoms with Gasteiger partial charge in [-0.15, -0.1) is 0 Å². The van der Waals surface area contributed by atoms with Crippen LogP contribution in [0, 0.1) is 0 Å². The summed E-state index contributed by atoms with van der Waals surface area (Å²) in [5.41, 5.74) is 2.60. The highest BCUT2D eigenvalue weighted by Gasteiger charge is 2.13. The Kier molecular flexibility index (Phi) is 7.45. The minimum Gasteiger partial charge on any atom is -0.494 e. The maximum atomic E-state index is 13.1. The van der Waals surface area contributed by atoms with Crippen LogP contribution in [0.25, 0.3) is 22.0 Å². The topological polar surface area (TPSA) is 47.4 Å². The molecule has 0 amide bonds. The Morgan fingerprint density at radius 2 is 1.57 bits per heavy atom. The van der Waals surface area contributed by atoms with Crippen molar-refractivity contribution in [3.05, 3.63) is 93.7 Å². The predicted octanol–water partition coefficient (Wildman–Crippen LogP) is 6.02. The summed E-state index contributed by atoms with van der Waals surface area (Å²) in [6.45, 7) is 4.63. The summed E-state index contributed by atoms with van der Waals surface area (Å²) in [5.74, 6) is 0.853. The first-order chi connectivity index (χ1) is 17.2. The summed E-state index contributed by atoms with van der Waals surface area (Å²) in [5, 5.41) is 6.94. The fourth-order valence-corrected chi connectivity index (χ4v) is 4.81. The van der Waals surface area contributed by atoms with Gasteiger partial charge in [0.05, 0.1) is 24.2 Å². The van der Waals surface area contributed by atoms with E-state index in [4.69, 9.17) is 21.4 Å². The van der Waals surface area contributed by atoms with Crippen molar-refractivity contribution in [2.24, 2.45) is 0 Å². The Labute approximate surface area is 210 Å². The lowest BCUT2D eigenvalue weighted by Gasteiger charge is -2.26. The molecule has 0 saturated carbocycles. The van der Waals surface area contributed by atoms with Crippen LogP contribution in [0.1, 0.15) is 31.2 Å². The van der Waals surface area contributed by atoms with Gasteiger partial charge in [-0.3, -0.25) is 4.79 Å². The maximum Gasteiger partial charge on any atom is 0.274 e. The van der Waals surface area contributed by atoms with Gasteiger partial charge in [-0.05, 0) is 80.4 Å². The van der Waals surface area contributed by atoms with Crippen LogP contribution in [-0.2, 0) is 6.54 Å². The summed E-state index contributed by atoms with van der Waals surface area (Å²) in [6.07, 6.45) is 5.03. The molecule has 0 unspecified atom stereocenters. The summed E-state index contributed by atoms with van der Waals surface area (Å²) in [7, 11) is 0. The Hall–Kier alpha value is -3.15. The molecule has 0 aliphatic carbocycles. The van der Waals surface area contributed by atoms with E-state index >= 15 is 0 Å². The van der Waals surface area contributed by atoms with Crippen molar-refractivity contribution >= 4 is 22.4 Å². The SMILES string of the molecule is O=c1c2ccccc2c(-c2ccc(OCCCN3CCCCC3)cc2)nn1Cc1ccc(Cl)cc1. The van der Waals surface area contributed by atoms with Crippen molar-refractivity contribution in [1.29, 1.82) is 0 Å². The van der Waals surface area contributed by atoms with Crippen molar-refractivity contribution in [1.82, 2.24) is 14.7 Å². The summed E-state index contributed by atoms with van der Waals surface area (Å²) < 4.78 is 7.53. The molecule has 3 aromatic carbocycles. The Balaban J connectivity index is 1.34. The van der Waals surface area contributed by atoms with Gasteiger partial charge in [0, 0.05) is 22.5 Å². The van der Waals surface area contributed by atoms with Crippen LogP contribution in [0.2, 0.25) is 5.02 Å². The van der Waals surface area contributed by atoms with E-state index in [0.717, 1.165) is 40.9 Å². The van der Waals surface area contributed by atoms with E-state index in [1.807, 2.05) is 72.8 Å². The maximum absolute atomic E-state index is 13.1. The number of hydrogen-bond acceptors (Lipinski definition) is 4. The highest BCUT2D eigenvalue weighted by Crippen LogP contribution is 2.27. The van der Waals surface area contributed by atoms with E-state index in [9.17, 15) is 4.79 Å². The Morgan fingerprint density at radius 1 is 0.857 bits per heavy atom. The van der Waals surface area contributed by atoms with Gasteiger partial charge in [0.2, 0.25) is 0 Å². The van der Waals surface area contributed by atoms with E-state index in [1.54, 1.807) is 0 Å². The van der Waals surface area contributed by atoms with Crippen molar-refractivity contribution in [2.45, 2.75) is 32.2 Å². The summed E-state index contributed by atoms with van der Waals surface area (Å²) in [6, 6.07) is 23.2. The Morgan fingerprint density at radius 3 is 2.31 bits per heavy atom. The first-order valence-corrected chi connectivity index (χ1v) is 12.7. The van der Waals surface area contributed by atoms with Gasteiger partial charge in [-0.1, -0.05) is 48.4 Å². The lowest BCUT2D eigenvalue weighted by atomic mass is 10.0. The number of nitrogens with zero attached hydrogens (tertiary/aromatic N) is 3. The molecule has 5 rings (SSSR count). The molecule has 1 saturated heterocycles. The van der Waals surface area contributed by atoms with Crippen molar-refractivity contribution in [2.75, 3.05) is 26.2 Å². The first-order valence-electron chi connectivity index (χ1n) is 12.4. The number of hydrogen-bond donors (Lipinski definition) is 0. The molecule has 0 atom stereocenters. The van der Waals surface area contributed by atoms with Crippen molar-refractivity contribution < 1.29 is 4.74 Å². The average Bonchev–Trinajstić information content (AvgIpc) is 2.91. The zero-order valence-electron chi connectivity index (χ0n) is 19.8. The van der Waals surface area contributed by atoms with E-state index in [2.05, 4.69) is 4.90 Å². The number of likely N-dealkylation sites (tertiary alicyclic amines) is 1. The highest BCUT2D eigenvalue weighted by molar-refractivity contribution is 6.30. The lowest BCUT2D eigenvalue weighted by Crippen LogP contribution is -2.31. The van der Waals surface area contributed by atoms with E-state index < -0.39 is 0 Å². The molecule has 0 radical (unpaired) electrons. The van der Waals surface area contributed by atoms with Crippen LogP contribution in [0.3, 0.4) is 0 Å². The fraction of sp³-hybridized carbons (Fsp3) is 0.310. The third-order valence-electron chi connectivity index (χ3n) is 6.58. The largest absolute Gasteiger partial charge is 0.494 e. The first kappa shape index (κ1) is 23.6. The molecule has 5 nitrogen and oxygen atoms in total. The smallest absolute Gasteiger partial charge is 0.274 e. The third-order valence-corrected chi connectivity index (χ3v) is 6.83. The number of fused-ring (bicyclic) bond motifs is 1. The normalized spacial score (nSPS) is 14.3. The molecule has 0 N–H and O–H groups in total. The van der Waals surface area contributed by atoms with Crippen molar-refractivity contribution in [3.63, 3.8) is 0 Å². The van der Waals surface area contributed by atoms with Crippen LogP contribution in [0.15, 0.2) is 77.6 Å². The molecule has 35 heavy (non-hydrogen) atoms. The third kappa shape index (κ3) is 5.75. The minimum absolute atomic E-state index is 0.104. The molecular formula is C29H30ClN3O2. The van der Waals surface area contributed by atoms with Gasteiger partial charge in [0.25, 0.3) is 5.56 Å². The monoisotopic (exact) mass is 487 g/mol. The molecule has 2 heterocycles. The second-order valence-electron chi connectivity index (χ2n) is 9.11. The molecule has 180 valence electrons.